The van der Waals surface area contributed by atoms with Gasteiger partial charge in [-0.2, -0.15) is 5.26 Å². The highest BCUT2D eigenvalue weighted by molar-refractivity contribution is 5.79. The Morgan fingerprint density at radius 2 is 2.05 bits per heavy atom. The van der Waals surface area contributed by atoms with Crippen LogP contribution >= 0.6 is 0 Å². The van der Waals surface area contributed by atoms with Gasteiger partial charge in [-0.15, -0.1) is 0 Å². The van der Waals surface area contributed by atoms with Gasteiger partial charge in [0.1, 0.15) is 5.54 Å². The van der Waals surface area contributed by atoms with E-state index in [9.17, 15) is 10.1 Å². The number of hydrogen-bond donors (Lipinski definition) is 1. The number of nitrogens with zero attached hydrogens (tertiary/aromatic N) is 2. The zero-order chi connectivity index (χ0) is 16.0. The van der Waals surface area contributed by atoms with Gasteiger partial charge >= 0.3 is 0 Å². The second-order valence-electron chi connectivity index (χ2n) is 6.12. The molecule has 0 bridgehead atoms. The highest BCUT2D eigenvalue weighted by Crippen LogP contribution is 2.15. The maximum atomic E-state index is 12.1. The summed E-state index contributed by atoms with van der Waals surface area (Å²) in [6.07, 6.45) is 0. The molecule has 0 aliphatic rings. The Labute approximate surface area is 127 Å². The third-order valence-electron chi connectivity index (χ3n) is 3.90. The lowest BCUT2D eigenvalue weighted by atomic mass is 9.90. The molecule has 1 N–H and O–H groups in total. The molecule has 1 atom stereocenters. The fourth-order valence-electron chi connectivity index (χ4n) is 2.01. The monoisotopic (exact) mass is 287 g/mol. The molecule has 0 aliphatic carbocycles. The zero-order valence-corrected chi connectivity index (χ0v) is 13.6. The van der Waals surface area contributed by atoms with Crippen LogP contribution in [-0.2, 0) is 11.3 Å². The quantitative estimate of drug-likeness (QED) is 0.874. The van der Waals surface area contributed by atoms with Gasteiger partial charge in [-0.3, -0.25) is 9.69 Å². The first-order valence-electron chi connectivity index (χ1n) is 7.24. The van der Waals surface area contributed by atoms with Crippen LogP contribution in [0.4, 0.5) is 0 Å². The summed E-state index contributed by atoms with van der Waals surface area (Å²) in [6.45, 7) is 8.68. The predicted molar refractivity (Wildman–Crippen MR) is 84.5 cm³/mol. The average molecular weight is 287 g/mol. The predicted octanol–water partition coefficient (Wildman–Crippen LogP) is 2.48. The molecule has 0 aliphatic heterocycles. The molecule has 114 valence electrons. The third kappa shape index (κ3) is 4.87. The number of benzene rings is 1. The Hall–Kier alpha value is -1.86. The average Bonchev–Trinajstić information content (AvgIpc) is 2.40. The Morgan fingerprint density at radius 1 is 1.43 bits per heavy atom. The number of aryl methyl sites for hydroxylation is 1. The van der Waals surface area contributed by atoms with E-state index in [4.69, 9.17) is 0 Å². The lowest BCUT2D eigenvalue weighted by molar-refractivity contribution is -0.123. The number of likely N-dealkylation sites (N-methyl/N-ethyl adjacent to an activating group) is 1. The molecule has 1 amide bonds. The van der Waals surface area contributed by atoms with Crippen LogP contribution in [0.3, 0.4) is 0 Å². The summed E-state index contributed by atoms with van der Waals surface area (Å²) in [5.74, 6) is -0.0584. The Kier molecular flexibility index (Phi) is 5.92. The number of nitriles is 1. The van der Waals surface area contributed by atoms with Gasteiger partial charge in [0, 0.05) is 6.54 Å². The van der Waals surface area contributed by atoms with Crippen molar-refractivity contribution in [1.29, 1.82) is 5.26 Å². The van der Waals surface area contributed by atoms with Gasteiger partial charge < -0.3 is 5.32 Å². The fraction of sp³-hybridized carbons (Fsp3) is 0.529. The number of rotatable bonds is 6. The lowest BCUT2D eigenvalue weighted by Gasteiger charge is -2.28. The molecule has 0 radical (unpaired) electrons. The summed E-state index contributed by atoms with van der Waals surface area (Å²) in [5, 5.41) is 12.1. The molecule has 1 rings (SSSR count). The fourth-order valence-corrected chi connectivity index (χ4v) is 2.01. The second-order valence-corrected chi connectivity index (χ2v) is 6.12. The molecule has 1 aromatic rings. The molecule has 0 saturated heterocycles. The van der Waals surface area contributed by atoms with Gasteiger partial charge in [-0.1, -0.05) is 38.1 Å². The highest BCUT2D eigenvalue weighted by Gasteiger charge is 2.30. The van der Waals surface area contributed by atoms with E-state index in [1.54, 1.807) is 6.92 Å². The van der Waals surface area contributed by atoms with Crippen molar-refractivity contribution >= 4 is 5.91 Å². The van der Waals surface area contributed by atoms with E-state index in [1.165, 1.54) is 11.1 Å². The summed E-state index contributed by atoms with van der Waals surface area (Å²) < 4.78 is 0. The van der Waals surface area contributed by atoms with Gasteiger partial charge in [-0.25, -0.2) is 0 Å². The van der Waals surface area contributed by atoms with Crippen LogP contribution in [0.5, 0.6) is 0 Å². The topological polar surface area (TPSA) is 56.1 Å². The molecule has 1 aromatic carbocycles. The molecular weight excluding hydrogens is 262 g/mol. The Balaban J connectivity index is 2.59. The van der Waals surface area contributed by atoms with Crippen LogP contribution in [0.15, 0.2) is 24.3 Å². The van der Waals surface area contributed by atoms with Crippen molar-refractivity contribution in [3.63, 3.8) is 0 Å². The maximum absolute atomic E-state index is 12.1. The minimum absolute atomic E-state index is 0.0631. The molecule has 0 spiro atoms. The van der Waals surface area contributed by atoms with Crippen molar-refractivity contribution in [2.24, 2.45) is 5.92 Å². The van der Waals surface area contributed by atoms with Crippen molar-refractivity contribution < 1.29 is 4.79 Å². The molecule has 0 saturated carbocycles. The van der Waals surface area contributed by atoms with Crippen LogP contribution < -0.4 is 5.32 Å². The molecule has 21 heavy (non-hydrogen) atoms. The molecular formula is C17H25N3O. The van der Waals surface area contributed by atoms with Gasteiger partial charge in [0.2, 0.25) is 5.91 Å². The molecule has 0 heterocycles. The van der Waals surface area contributed by atoms with Crippen molar-refractivity contribution in [1.82, 2.24) is 10.2 Å². The molecule has 0 aromatic heterocycles. The van der Waals surface area contributed by atoms with Crippen LogP contribution in [0, 0.1) is 24.2 Å². The summed E-state index contributed by atoms with van der Waals surface area (Å²) in [6, 6.07) is 10.3. The van der Waals surface area contributed by atoms with E-state index >= 15 is 0 Å². The van der Waals surface area contributed by atoms with E-state index in [0.29, 0.717) is 6.54 Å². The largest absolute Gasteiger partial charge is 0.337 e. The first-order valence-corrected chi connectivity index (χ1v) is 7.24. The van der Waals surface area contributed by atoms with Gasteiger partial charge in [-0.05, 0) is 37.9 Å². The summed E-state index contributed by atoms with van der Waals surface area (Å²) in [7, 11) is 1.91. The standard InChI is InChI=1S/C17H25N3O/c1-13(2)17(4,12-18)19-16(21)11-20(5)10-15-9-7-6-8-14(15)3/h6-9,13H,10-11H2,1-5H3,(H,19,21)/t17-/m0/s1. The molecule has 4 heteroatoms. The number of amides is 1. The number of carbonyl (C=O) groups excluding carboxylic acids is 1. The minimum Gasteiger partial charge on any atom is -0.337 e. The summed E-state index contributed by atoms with van der Waals surface area (Å²) in [5.41, 5.74) is 1.61. The number of hydrogen-bond acceptors (Lipinski definition) is 3. The lowest BCUT2D eigenvalue weighted by Crippen LogP contribution is -2.51. The second kappa shape index (κ2) is 7.24. The van der Waals surface area contributed by atoms with Crippen molar-refractivity contribution in [3.05, 3.63) is 35.4 Å². The van der Waals surface area contributed by atoms with Crippen molar-refractivity contribution in [2.45, 2.75) is 39.8 Å². The zero-order valence-electron chi connectivity index (χ0n) is 13.6. The summed E-state index contributed by atoms with van der Waals surface area (Å²) in [4.78, 5) is 14.1. The van der Waals surface area contributed by atoms with Crippen LogP contribution in [0.25, 0.3) is 0 Å². The van der Waals surface area contributed by atoms with Gasteiger partial charge in [0.05, 0.1) is 12.6 Å². The van der Waals surface area contributed by atoms with Gasteiger partial charge in [0.15, 0.2) is 0 Å². The van der Waals surface area contributed by atoms with Crippen LogP contribution in [0.1, 0.15) is 31.9 Å². The minimum atomic E-state index is -0.819. The highest BCUT2D eigenvalue weighted by atomic mass is 16.2. The van der Waals surface area contributed by atoms with E-state index < -0.39 is 5.54 Å². The van der Waals surface area contributed by atoms with E-state index in [2.05, 4.69) is 30.4 Å². The van der Waals surface area contributed by atoms with Crippen LogP contribution in [-0.4, -0.2) is 29.9 Å². The van der Waals surface area contributed by atoms with Crippen LogP contribution in [0.2, 0.25) is 0 Å². The first kappa shape index (κ1) is 17.2. The van der Waals surface area contributed by atoms with E-state index in [0.717, 1.165) is 0 Å². The maximum Gasteiger partial charge on any atom is 0.235 e. The first-order chi connectivity index (χ1) is 9.78. The van der Waals surface area contributed by atoms with E-state index in [-0.39, 0.29) is 18.4 Å². The number of carbonyl (C=O) groups is 1. The smallest absolute Gasteiger partial charge is 0.235 e. The number of nitrogens with one attached hydrogen (secondary N) is 1. The molecule has 0 unspecified atom stereocenters. The van der Waals surface area contributed by atoms with Crippen molar-refractivity contribution in [3.8, 4) is 6.07 Å². The van der Waals surface area contributed by atoms with Crippen molar-refractivity contribution in [2.75, 3.05) is 13.6 Å². The van der Waals surface area contributed by atoms with Gasteiger partial charge in [0.25, 0.3) is 0 Å². The molecule has 0 fully saturated rings. The SMILES string of the molecule is Cc1ccccc1CN(C)CC(=O)N[C@@](C)(C#N)C(C)C. The normalized spacial score (nSPS) is 13.8. The summed E-state index contributed by atoms with van der Waals surface area (Å²) >= 11 is 0. The van der Waals surface area contributed by atoms with E-state index in [1.807, 2.05) is 37.9 Å². The molecule has 4 nitrogen and oxygen atoms in total. The Morgan fingerprint density at radius 3 is 2.57 bits per heavy atom. The third-order valence-corrected chi connectivity index (χ3v) is 3.90. The Bertz CT molecular complexity index is 533.